The molecule has 5 heteroatoms. The van der Waals surface area contributed by atoms with Gasteiger partial charge in [0, 0.05) is 18.9 Å². The van der Waals surface area contributed by atoms with E-state index in [-0.39, 0.29) is 5.91 Å². The number of hydrogen-bond donors (Lipinski definition) is 1. The van der Waals surface area contributed by atoms with Crippen molar-refractivity contribution in [2.45, 2.75) is 25.7 Å². The SMILES string of the molecule is O=C(NCCCN1CCCCC1)c1cnccn1. The zero-order valence-corrected chi connectivity index (χ0v) is 10.6. The summed E-state index contributed by atoms with van der Waals surface area (Å²) < 4.78 is 0. The fourth-order valence-corrected chi connectivity index (χ4v) is 2.19. The topological polar surface area (TPSA) is 58.1 Å². The van der Waals surface area contributed by atoms with Gasteiger partial charge in [0.05, 0.1) is 6.20 Å². The molecule has 1 fully saturated rings. The lowest BCUT2D eigenvalue weighted by atomic mass is 10.1. The summed E-state index contributed by atoms with van der Waals surface area (Å²) in [5, 5.41) is 2.87. The van der Waals surface area contributed by atoms with Gasteiger partial charge in [0.25, 0.3) is 5.91 Å². The van der Waals surface area contributed by atoms with Gasteiger partial charge in [-0.3, -0.25) is 9.78 Å². The van der Waals surface area contributed by atoms with Crippen molar-refractivity contribution < 1.29 is 4.79 Å². The van der Waals surface area contributed by atoms with E-state index in [0.717, 1.165) is 13.0 Å². The number of aromatic nitrogens is 2. The third-order valence-corrected chi connectivity index (χ3v) is 3.18. The molecule has 0 radical (unpaired) electrons. The minimum absolute atomic E-state index is 0.137. The molecule has 0 aromatic carbocycles. The van der Waals surface area contributed by atoms with Crippen LogP contribution in [0, 0.1) is 0 Å². The van der Waals surface area contributed by atoms with Crippen LogP contribution >= 0.6 is 0 Å². The molecular weight excluding hydrogens is 228 g/mol. The lowest BCUT2D eigenvalue weighted by molar-refractivity contribution is 0.0945. The van der Waals surface area contributed by atoms with Gasteiger partial charge in [-0.2, -0.15) is 0 Å². The van der Waals surface area contributed by atoms with Crippen molar-refractivity contribution in [3.05, 3.63) is 24.3 Å². The molecular formula is C13H20N4O. The summed E-state index contributed by atoms with van der Waals surface area (Å²) >= 11 is 0. The van der Waals surface area contributed by atoms with Crippen LogP contribution < -0.4 is 5.32 Å². The Hall–Kier alpha value is -1.49. The van der Waals surface area contributed by atoms with E-state index in [1.54, 1.807) is 6.20 Å². The Bertz CT molecular complexity index is 363. The number of rotatable bonds is 5. The highest BCUT2D eigenvalue weighted by Gasteiger charge is 2.10. The molecule has 2 heterocycles. The molecule has 1 aliphatic rings. The van der Waals surface area contributed by atoms with E-state index in [4.69, 9.17) is 0 Å². The standard InChI is InChI=1S/C13H20N4O/c18-13(12-11-14-6-7-15-12)16-5-4-10-17-8-2-1-3-9-17/h6-7,11H,1-5,8-10H2,(H,16,18). The van der Waals surface area contributed by atoms with Crippen molar-refractivity contribution >= 4 is 5.91 Å². The van der Waals surface area contributed by atoms with Crippen LogP contribution in [0.15, 0.2) is 18.6 Å². The maximum Gasteiger partial charge on any atom is 0.271 e. The monoisotopic (exact) mass is 248 g/mol. The molecule has 5 nitrogen and oxygen atoms in total. The maximum atomic E-state index is 11.7. The Morgan fingerprint density at radius 2 is 2.11 bits per heavy atom. The van der Waals surface area contributed by atoms with Gasteiger partial charge < -0.3 is 10.2 Å². The molecule has 98 valence electrons. The van der Waals surface area contributed by atoms with E-state index < -0.39 is 0 Å². The van der Waals surface area contributed by atoms with E-state index in [1.807, 2.05) is 0 Å². The first-order chi connectivity index (χ1) is 8.86. The van der Waals surface area contributed by atoms with E-state index in [2.05, 4.69) is 20.2 Å². The van der Waals surface area contributed by atoms with E-state index in [0.29, 0.717) is 12.2 Å². The largest absolute Gasteiger partial charge is 0.351 e. The van der Waals surface area contributed by atoms with Gasteiger partial charge in [-0.05, 0) is 38.9 Å². The smallest absolute Gasteiger partial charge is 0.271 e. The molecule has 0 atom stereocenters. The van der Waals surface area contributed by atoms with Gasteiger partial charge in [0.1, 0.15) is 5.69 Å². The molecule has 1 N–H and O–H groups in total. The van der Waals surface area contributed by atoms with Gasteiger partial charge in [-0.15, -0.1) is 0 Å². The molecule has 1 aromatic heterocycles. The zero-order chi connectivity index (χ0) is 12.6. The number of nitrogens with zero attached hydrogens (tertiary/aromatic N) is 3. The van der Waals surface area contributed by atoms with Gasteiger partial charge in [0.15, 0.2) is 0 Å². The Morgan fingerprint density at radius 3 is 2.83 bits per heavy atom. The van der Waals surface area contributed by atoms with Crippen molar-refractivity contribution in [3.8, 4) is 0 Å². The summed E-state index contributed by atoms with van der Waals surface area (Å²) in [6.45, 7) is 4.18. The quantitative estimate of drug-likeness (QED) is 0.792. The first-order valence-corrected chi connectivity index (χ1v) is 6.63. The predicted molar refractivity (Wildman–Crippen MR) is 69.3 cm³/mol. The van der Waals surface area contributed by atoms with E-state index in [9.17, 15) is 4.79 Å². The van der Waals surface area contributed by atoms with E-state index >= 15 is 0 Å². The molecule has 0 saturated carbocycles. The summed E-state index contributed by atoms with van der Waals surface area (Å²) in [5.41, 5.74) is 0.385. The highest BCUT2D eigenvalue weighted by Crippen LogP contribution is 2.08. The molecule has 1 aromatic rings. The second-order valence-electron chi connectivity index (χ2n) is 4.60. The van der Waals surface area contributed by atoms with Crippen LogP contribution in [-0.4, -0.2) is 47.0 Å². The number of likely N-dealkylation sites (tertiary alicyclic amines) is 1. The predicted octanol–water partition coefficient (Wildman–Crippen LogP) is 1.08. The lowest BCUT2D eigenvalue weighted by Crippen LogP contribution is -2.33. The zero-order valence-electron chi connectivity index (χ0n) is 10.6. The summed E-state index contributed by atoms with van der Waals surface area (Å²) in [5.74, 6) is -0.137. The fourth-order valence-electron chi connectivity index (χ4n) is 2.19. The average Bonchev–Trinajstić information content (AvgIpc) is 2.45. The van der Waals surface area contributed by atoms with Gasteiger partial charge >= 0.3 is 0 Å². The van der Waals surface area contributed by atoms with Crippen LogP contribution in [0.2, 0.25) is 0 Å². The number of hydrogen-bond acceptors (Lipinski definition) is 4. The molecule has 1 aliphatic heterocycles. The summed E-state index contributed by atoms with van der Waals surface area (Å²) in [4.78, 5) is 22.0. The number of carbonyl (C=O) groups is 1. The fraction of sp³-hybridized carbons (Fsp3) is 0.615. The van der Waals surface area contributed by atoms with Crippen LogP contribution in [0.3, 0.4) is 0 Å². The number of amides is 1. The first-order valence-electron chi connectivity index (χ1n) is 6.63. The minimum Gasteiger partial charge on any atom is -0.351 e. The average molecular weight is 248 g/mol. The minimum atomic E-state index is -0.137. The van der Waals surface area contributed by atoms with Crippen molar-refractivity contribution in [3.63, 3.8) is 0 Å². The maximum absolute atomic E-state index is 11.7. The summed E-state index contributed by atoms with van der Waals surface area (Å²) in [7, 11) is 0. The Balaban J connectivity index is 1.62. The number of piperidine rings is 1. The highest BCUT2D eigenvalue weighted by molar-refractivity contribution is 5.91. The van der Waals surface area contributed by atoms with Gasteiger partial charge in [0.2, 0.25) is 0 Å². The molecule has 1 saturated heterocycles. The van der Waals surface area contributed by atoms with Crippen molar-refractivity contribution in [1.29, 1.82) is 0 Å². The molecule has 2 rings (SSSR count). The Labute approximate surface area is 108 Å². The summed E-state index contributed by atoms with van der Waals surface area (Å²) in [6.07, 6.45) is 9.56. The van der Waals surface area contributed by atoms with Crippen LogP contribution in [0.4, 0.5) is 0 Å². The molecule has 0 aliphatic carbocycles. The van der Waals surface area contributed by atoms with Crippen molar-refractivity contribution in [2.75, 3.05) is 26.2 Å². The molecule has 0 spiro atoms. The second-order valence-corrected chi connectivity index (χ2v) is 4.60. The lowest BCUT2D eigenvalue weighted by Gasteiger charge is -2.26. The molecule has 18 heavy (non-hydrogen) atoms. The van der Waals surface area contributed by atoms with E-state index in [1.165, 1.54) is 44.7 Å². The third kappa shape index (κ3) is 4.07. The van der Waals surface area contributed by atoms with Crippen LogP contribution in [0.1, 0.15) is 36.2 Å². The number of carbonyl (C=O) groups excluding carboxylic acids is 1. The first kappa shape index (κ1) is 13.0. The Kier molecular flexibility index (Phi) is 5.08. The molecule has 1 amide bonds. The normalized spacial score (nSPS) is 16.4. The molecule has 0 unspecified atom stereocenters. The molecule has 0 bridgehead atoms. The summed E-state index contributed by atoms with van der Waals surface area (Å²) in [6, 6.07) is 0. The van der Waals surface area contributed by atoms with Gasteiger partial charge in [-0.25, -0.2) is 4.98 Å². The number of nitrogens with one attached hydrogen (secondary N) is 1. The van der Waals surface area contributed by atoms with Gasteiger partial charge in [-0.1, -0.05) is 6.42 Å². The van der Waals surface area contributed by atoms with Crippen molar-refractivity contribution in [1.82, 2.24) is 20.2 Å². The van der Waals surface area contributed by atoms with Crippen LogP contribution in [0.25, 0.3) is 0 Å². The van der Waals surface area contributed by atoms with Crippen LogP contribution in [-0.2, 0) is 0 Å². The third-order valence-electron chi connectivity index (χ3n) is 3.18. The van der Waals surface area contributed by atoms with Crippen molar-refractivity contribution in [2.24, 2.45) is 0 Å². The van der Waals surface area contributed by atoms with Crippen LogP contribution in [0.5, 0.6) is 0 Å². The highest BCUT2D eigenvalue weighted by atomic mass is 16.1. The Morgan fingerprint density at radius 1 is 1.28 bits per heavy atom. The second kappa shape index (κ2) is 7.06.